The van der Waals surface area contributed by atoms with E-state index in [0.29, 0.717) is 11.6 Å². The molecule has 2 N–H and O–H groups in total. The van der Waals surface area contributed by atoms with Gasteiger partial charge in [-0.25, -0.2) is 9.48 Å². The van der Waals surface area contributed by atoms with E-state index in [1.54, 1.807) is 18.2 Å². The highest BCUT2D eigenvalue weighted by atomic mass is 16.4. The highest BCUT2D eigenvalue weighted by Gasteiger charge is 2.30. The molecule has 1 aromatic heterocycles. The van der Waals surface area contributed by atoms with Crippen molar-refractivity contribution in [1.82, 2.24) is 14.7 Å². The number of anilines is 1. The molecule has 0 saturated carbocycles. The van der Waals surface area contributed by atoms with Gasteiger partial charge in [-0.15, -0.1) is 0 Å². The summed E-state index contributed by atoms with van der Waals surface area (Å²) in [4.78, 5) is 13.9. The zero-order valence-electron chi connectivity index (χ0n) is 15.9. The molecule has 2 aliphatic heterocycles. The third kappa shape index (κ3) is 3.46. The summed E-state index contributed by atoms with van der Waals surface area (Å²) in [6.45, 7) is 5.32. The van der Waals surface area contributed by atoms with Gasteiger partial charge in [0.2, 0.25) is 0 Å². The van der Waals surface area contributed by atoms with Crippen molar-refractivity contribution in [3.8, 4) is 5.69 Å². The first-order valence-corrected chi connectivity index (χ1v) is 10.1. The van der Waals surface area contributed by atoms with E-state index in [4.69, 9.17) is 5.10 Å². The molecule has 0 aliphatic carbocycles. The maximum atomic E-state index is 11.4. The average molecular weight is 368 g/mol. The maximum Gasteiger partial charge on any atom is 0.335 e. The van der Waals surface area contributed by atoms with Crippen LogP contribution in [-0.4, -0.2) is 45.4 Å². The Morgan fingerprint density at radius 3 is 3.00 bits per heavy atom. The Labute approximate surface area is 160 Å². The summed E-state index contributed by atoms with van der Waals surface area (Å²) in [5.74, 6) is 0.138. The van der Waals surface area contributed by atoms with Crippen LogP contribution in [0.25, 0.3) is 5.69 Å². The molecule has 0 amide bonds. The molecule has 2 aromatic rings. The normalized spacial score (nSPS) is 20.6. The summed E-state index contributed by atoms with van der Waals surface area (Å²) in [6, 6.07) is 7.44. The SMILES string of the molecule is CCN1CCCCC1c1nn(-c2cccc(C(=O)O)c2)c2c1CCCCN2. The van der Waals surface area contributed by atoms with Gasteiger partial charge in [0.05, 0.1) is 23.0 Å². The molecule has 0 radical (unpaired) electrons. The fourth-order valence-corrected chi connectivity index (χ4v) is 4.43. The zero-order valence-corrected chi connectivity index (χ0v) is 15.9. The number of nitrogens with zero attached hydrogens (tertiary/aromatic N) is 3. The van der Waals surface area contributed by atoms with E-state index in [-0.39, 0.29) is 0 Å². The first-order valence-electron chi connectivity index (χ1n) is 10.1. The summed E-state index contributed by atoms with van der Waals surface area (Å²) in [7, 11) is 0. The number of carbonyl (C=O) groups is 1. The highest BCUT2D eigenvalue weighted by molar-refractivity contribution is 5.88. The summed E-state index contributed by atoms with van der Waals surface area (Å²) < 4.78 is 1.94. The Hall–Kier alpha value is -2.34. The maximum absolute atomic E-state index is 11.4. The van der Waals surface area contributed by atoms with E-state index in [0.717, 1.165) is 56.8 Å². The lowest BCUT2D eigenvalue weighted by atomic mass is 9.95. The second-order valence-corrected chi connectivity index (χ2v) is 7.50. The summed E-state index contributed by atoms with van der Waals surface area (Å²) >= 11 is 0. The molecule has 6 heteroatoms. The molecule has 27 heavy (non-hydrogen) atoms. The molecular weight excluding hydrogens is 340 g/mol. The number of rotatable bonds is 4. The van der Waals surface area contributed by atoms with Gasteiger partial charge in [0.1, 0.15) is 5.82 Å². The van der Waals surface area contributed by atoms with Gasteiger partial charge >= 0.3 is 5.97 Å². The molecule has 3 heterocycles. The average Bonchev–Trinajstić information content (AvgIpc) is 2.88. The monoisotopic (exact) mass is 368 g/mol. The third-order valence-electron chi connectivity index (χ3n) is 5.83. The van der Waals surface area contributed by atoms with Gasteiger partial charge in [-0.05, 0) is 63.4 Å². The van der Waals surface area contributed by atoms with Crippen molar-refractivity contribution < 1.29 is 9.90 Å². The molecule has 4 rings (SSSR count). The number of hydrogen-bond donors (Lipinski definition) is 2. The van der Waals surface area contributed by atoms with Crippen molar-refractivity contribution in [2.75, 3.05) is 25.0 Å². The Bertz CT molecular complexity index is 830. The number of aromatic carboxylic acids is 1. The topological polar surface area (TPSA) is 70.4 Å². The van der Waals surface area contributed by atoms with Crippen molar-refractivity contribution in [1.29, 1.82) is 0 Å². The predicted octanol–water partition coefficient (Wildman–Crippen LogP) is 3.87. The number of carboxylic acid groups (broad SMARTS) is 1. The number of fused-ring (bicyclic) bond motifs is 1. The lowest BCUT2D eigenvalue weighted by molar-refractivity contribution is 0.0697. The van der Waals surface area contributed by atoms with Gasteiger partial charge in [0.25, 0.3) is 0 Å². The standard InChI is InChI=1S/C21H28N4O2/c1-2-24-13-6-4-11-18(24)19-17-10-3-5-12-22-20(17)25(23-19)16-9-7-8-15(14-16)21(26)27/h7-9,14,18,22H,2-6,10-13H2,1H3,(H,26,27). The third-order valence-corrected chi connectivity index (χ3v) is 5.83. The number of hydrogen-bond acceptors (Lipinski definition) is 4. The molecule has 6 nitrogen and oxygen atoms in total. The molecule has 0 bridgehead atoms. The van der Waals surface area contributed by atoms with E-state index >= 15 is 0 Å². The van der Waals surface area contributed by atoms with Gasteiger partial charge in [-0.1, -0.05) is 19.4 Å². The van der Waals surface area contributed by atoms with Crippen molar-refractivity contribution in [3.05, 3.63) is 41.1 Å². The van der Waals surface area contributed by atoms with Crippen LogP contribution in [0.4, 0.5) is 5.82 Å². The molecule has 0 spiro atoms. The predicted molar refractivity (Wildman–Crippen MR) is 106 cm³/mol. The second kappa shape index (κ2) is 7.72. The quantitative estimate of drug-likeness (QED) is 0.857. The van der Waals surface area contributed by atoms with Gasteiger partial charge < -0.3 is 10.4 Å². The molecular formula is C21H28N4O2. The number of nitrogens with one attached hydrogen (secondary N) is 1. The van der Waals surface area contributed by atoms with E-state index in [1.807, 2.05) is 10.7 Å². The molecule has 1 saturated heterocycles. The fourth-order valence-electron chi connectivity index (χ4n) is 4.43. The first kappa shape index (κ1) is 18.0. The van der Waals surface area contributed by atoms with Crippen molar-refractivity contribution >= 4 is 11.8 Å². The summed E-state index contributed by atoms with van der Waals surface area (Å²) in [5, 5.41) is 18.0. The zero-order chi connectivity index (χ0) is 18.8. The van der Waals surface area contributed by atoms with Crippen molar-refractivity contribution in [2.45, 2.75) is 51.5 Å². The lowest BCUT2D eigenvalue weighted by Crippen LogP contribution is -2.33. The molecule has 2 aliphatic rings. The summed E-state index contributed by atoms with van der Waals surface area (Å²) in [6.07, 6.45) is 6.98. The molecule has 1 aromatic carbocycles. The second-order valence-electron chi connectivity index (χ2n) is 7.50. The number of piperidine rings is 1. The number of benzene rings is 1. The number of likely N-dealkylation sites (tertiary alicyclic amines) is 1. The Kier molecular flexibility index (Phi) is 5.16. The van der Waals surface area contributed by atoms with Gasteiger partial charge in [0, 0.05) is 12.1 Å². The van der Waals surface area contributed by atoms with Crippen LogP contribution in [0.3, 0.4) is 0 Å². The van der Waals surface area contributed by atoms with Crippen LogP contribution in [0.5, 0.6) is 0 Å². The number of carboxylic acids is 1. The van der Waals surface area contributed by atoms with Crippen LogP contribution in [0.15, 0.2) is 24.3 Å². The van der Waals surface area contributed by atoms with Gasteiger partial charge in [-0.2, -0.15) is 5.10 Å². The largest absolute Gasteiger partial charge is 0.478 e. The van der Waals surface area contributed by atoms with Crippen LogP contribution in [0.2, 0.25) is 0 Å². The van der Waals surface area contributed by atoms with Gasteiger partial charge in [0.15, 0.2) is 0 Å². The van der Waals surface area contributed by atoms with Crippen LogP contribution in [-0.2, 0) is 6.42 Å². The van der Waals surface area contributed by atoms with E-state index in [2.05, 4.69) is 17.1 Å². The van der Waals surface area contributed by atoms with Crippen LogP contribution in [0.1, 0.15) is 66.7 Å². The minimum absolute atomic E-state index is 0.291. The van der Waals surface area contributed by atoms with Crippen molar-refractivity contribution in [2.24, 2.45) is 0 Å². The van der Waals surface area contributed by atoms with Crippen LogP contribution >= 0.6 is 0 Å². The van der Waals surface area contributed by atoms with E-state index in [9.17, 15) is 9.90 Å². The Morgan fingerprint density at radius 2 is 2.19 bits per heavy atom. The summed E-state index contributed by atoms with van der Waals surface area (Å²) in [5.41, 5.74) is 3.60. The molecule has 1 unspecified atom stereocenters. The molecule has 144 valence electrons. The highest BCUT2D eigenvalue weighted by Crippen LogP contribution is 2.37. The fraction of sp³-hybridized carbons (Fsp3) is 0.524. The van der Waals surface area contributed by atoms with Crippen molar-refractivity contribution in [3.63, 3.8) is 0 Å². The number of aromatic nitrogens is 2. The minimum Gasteiger partial charge on any atom is -0.478 e. The van der Waals surface area contributed by atoms with Crippen LogP contribution < -0.4 is 5.32 Å². The van der Waals surface area contributed by atoms with E-state index in [1.165, 1.54) is 24.1 Å². The smallest absolute Gasteiger partial charge is 0.335 e. The minimum atomic E-state index is -0.910. The Morgan fingerprint density at radius 1 is 1.30 bits per heavy atom. The van der Waals surface area contributed by atoms with E-state index < -0.39 is 5.97 Å². The van der Waals surface area contributed by atoms with Crippen LogP contribution in [0, 0.1) is 0 Å². The molecule has 1 fully saturated rings. The molecule has 1 atom stereocenters. The first-order chi connectivity index (χ1) is 13.2. The Balaban J connectivity index is 1.82. The van der Waals surface area contributed by atoms with Gasteiger partial charge in [-0.3, -0.25) is 4.90 Å². The lowest BCUT2D eigenvalue weighted by Gasteiger charge is -2.34.